The van der Waals surface area contributed by atoms with Gasteiger partial charge in [0.2, 0.25) is 0 Å². The number of carboxylic acid groups (broad SMARTS) is 1. The number of pyridine rings is 1. The molecule has 0 radical (unpaired) electrons. The molecule has 0 saturated carbocycles. The van der Waals surface area contributed by atoms with Crippen LogP contribution in [-0.2, 0) is 0 Å². The highest BCUT2D eigenvalue weighted by Crippen LogP contribution is 2.25. The van der Waals surface area contributed by atoms with Crippen LogP contribution in [0.3, 0.4) is 0 Å². The third-order valence-electron chi connectivity index (χ3n) is 2.74. The minimum absolute atomic E-state index is 0.0708. The molecule has 2 heterocycles. The minimum Gasteiger partial charge on any atom is -0.478 e. The summed E-state index contributed by atoms with van der Waals surface area (Å²) >= 11 is 0. The van der Waals surface area contributed by atoms with Crippen molar-refractivity contribution in [1.82, 2.24) is 14.8 Å². The Balaban J connectivity index is 2.70. The molecule has 0 unspecified atom stereocenters. The molecule has 0 aliphatic carbocycles. The van der Waals surface area contributed by atoms with Crippen molar-refractivity contribution in [3.05, 3.63) is 45.1 Å². The number of nitrogens with zero attached hydrogens (tertiary/aromatic N) is 4. The molecule has 9 heteroatoms. The van der Waals surface area contributed by atoms with Crippen molar-refractivity contribution in [3.63, 3.8) is 0 Å². The molecule has 0 aliphatic rings. The summed E-state index contributed by atoms with van der Waals surface area (Å²) in [5, 5.41) is 23.6. The highest BCUT2D eigenvalue weighted by atomic mass is 19.1. The molecule has 2 aromatic heterocycles. The number of nitro groups is 1. The van der Waals surface area contributed by atoms with Crippen LogP contribution < -0.4 is 0 Å². The summed E-state index contributed by atoms with van der Waals surface area (Å²) in [6, 6.07) is 1.00. The van der Waals surface area contributed by atoms with E-state index in [2.05, 4.69) is 10.1 Å². The normalized spacial score (nSPS) is 10.6. The second-order valence-corrected chi connectivity index (χ2v) is 3.99. The fourth-order valence-electron chi connectivity index (χ4n) is 1.85. The Kier molecular flexibility index (Phi) is 3.18. The number of aryl methyl sites for hydroxylation is 1. The summed E-state index contributed by atoms with van der Waals surface area (Å²) in [7, 11) is 0. The molecule has 0 aromatic carbocycles. The van der Waals surface area contributed by atoms with Gasteiger partial charge in [0, 0.05) is 6.20 Å². The zero-order chi connectivity index (χ0) is 15.0. The first kappa shape index (κ1) is 13.6. The Bertz CT molecular complexity index is 725. The van der Waals surface area contributed by atoms with Crippen LogP contribution in [0, 0.1) is 29.8 Å². The zero-order valence-electron chi connectivity index (χ0n) is 10.5. The number of carbonyl (C=O) groups is 1. The first-order valence-corrected chi connectivity index (χ1v) is 5.43. The van der Waals surface area contributed by atoms with Crippen molar-refractivity contribution >= 4 is 11.7 Å². The smallest absolute Gasteiger partial charge is 0.338 e. The van der Waals surface area contributed by atoms with Crippen molar-refractivity contribution in [3.8, 4) is 5.82 Å². The first-order valence-electron chi connectivity index (χ1n) is 5.43. The summed E-state index contributed by atoms with van der Waals surface area (Å²) in [5.74, 6) is -2.94. The number of carboxylic acids is 1. The molecule has 0 atom stereocenters. The topological polar surface area (TPSA) is 111 Å². The summed E-state index contributed by atoms with van der Waals surface area (Å²) < 4.78 is 15.0. The number of rotatable bonds is 3. The van der Waals surface area contributed by atoms with Gasteiger partial charge in [-0.25, -0.2) is 18.9 Å². The maximum absolute atomic E-state index is 14.1. The van der Waals surface area contributed by atoms with Gasteiger partial charge in [0.15, 0.2) is 11.6 Å². The summed E-state index contributed by atoms with van der Waals surface area (Å²) in [5.41, 5.74) is -0.673. The van der Waals surface area contributed by atoms with E-state index in [0.717, 1.165) is 16.9 Å². The van der Waals surface area contributed by atoms with E-state index >= 15 is 0 Å². The Morgan fingerprint density at radius 2 is 2.15 bits per heavy atom. The van der Waals surface area contributed by atoms with Crippen LogP contribution in [0.15, 0.2) is 12.3 Å². The van der Waals surface area contributed by atoms with E-state index in [1.807, 2.05) is 0 Å². The minimum atomic E-state index is -1.46. The molecule has 20 heavy (non-hydrogen) atoms. The predicted octanol–water partition coefficient (Wildman–Crippen LogP) is 1.63. The van der Waals surface area contributed by atoms with Crippen LogP contribution >= 0.6 is 0 Å². The summed E-state index contributed by atoms with van der Waals surface area (Å²) in [4.78, 5) is 24.8. The third-order valence-corrected chi connectivity index (χ3v) is 2.74. The maximum atomic E-state index is 14.1. The van der Waals surface area contributed by atoms with Gasteiger partial charge in [-0.2, -0.15) is 5.10 Å². The maximum Gasteiger partial charge on any atom is 0.338 e. The molecule has 104 valence electrons. The highest BCUT2D eigenvalue weighted by Gasteiger charge is 2.26. The molecule has 0 aliphatic heterocycles. The van der Waals surface area contributed by atoms with Gasteiger partial charge in [0.25, 0.3) is 0 Å². The molecule has 0 amide bonds. The summed E-state index contributed by atoms with van der Waals surface area (Å²) in [6.07, 6.45) is 1.10. The number of hydrogen-bond acceptors (Lipinski definition) is 5. The van der Waals surface area contributed by atoms with E-state index < -0.39 is 28.1 Å². The van der Waals surface area contributed by atoms with Crippen LogP contribution in [0.5, 0.6) is 0 Å². The van der Waals surface area contributed by atoms with E-state index in [1.165, 1.54) is 13.8 Å². The Hall–Kier alpha value is -2.84. The molecular formula is C11H9FN4O4. The Morgan fingerprint density at radius 3 is 2.65 bits per heavy atom. The van der Waals surface area contributed by atoms with E-state index in [1.54, 1.807) is 0 Å². The highest BCUT2D eigenvalue weighted by molar-refractivity contribution is 5.88. The van der Waals surface area contributed by atoms with Gasteiger partial charge < -0.3 is 5.11 Å². The van der Waals surface area contributed by atoms with Gasteiger partial charge in [-0.3, -0.25) is 10.1 Å². The predicted molar refractivity (Wildman–Crippen MR) is 64.4 cm³/mol. The second-order valence-electron chi connectivity index (χ2n) is 3.99. The molecule has 0 bridgehead atoms. The molecule has 0 spiro atoms. The van der Waals surface area contributed by atoms with Crippen LogP contribution in [-0.4, -0.2) is 30.8 Å². The average Bonchev–Trinajstić information content (AvgIpc) is 2.64. The average molecular weight is 280 g/mol. The van der Waals surface area contributed by atoms with Gasteiger partial charge in [-0.05, 0) is 19.9 Å². The molecule has 8 nitrogen and oxygen atoms in total. The van der Waals surface area contributed by atoms with Crippen LogP contribution in [0.4, 0.5) is 10.1 Å². The van der Waals surface area contributed by atoms with Crippen molar-refractivity contribution in [2.45, 2.75) is 13.8 Å². The van der Waals surface area contributed by atoms with Crippen LogP contribution in [0.25, 0.3) is 5.82 Å². The standard InChI is InChI=1S/C11H9FN4O4/c1-5-9(16(19)20)6(2)15(14-5)10-8(12)7(11(17)18)3-4-13-10/h3-4H,1-2H3,(H,17,18). The van der Waals surface area contributed by atoms with Gasteiger partial charge in [0.05, 0.1) is 4.92 Å². The molecule has 0 saturated heterocycles. The van der Waals surface area contributed by atoms with Crippen LogP contribution in [0.2, 0.25) is 0 Å². The van der Waals surface area contributed by atoms with Crippen molar-refractivity contribution < 1.29 is 19.2 Å². The van der Waals surface area contributed by atoms with E-state index in [0.29, 0.717) is 0 Å². The molecule has 0 fully saturated rings. The van der Waals surface area contributed by atoms with E-state index in [4.69, 9.17) is 5.11 Å². The van der Waals surface area contributed by atoms with E-state index in [9.17, 15) is 19.3 Å². The van der Waals surface area contributed by atoms with Crippen LogP contribution in [0.1, 0.15) is 21.7 Å². The van der Waals surface area contributed by atoms with Gasteiger partial charge >= 0.3 is 11.7 Å². The van der Waals surface area contributed by atoms with Crippen molar-refractivity contribution in [2.24, 2.45) is 0 Å². The lowest BCUT2D eigenvalue weighted by atomic mass is 10.2. The summed E-state index contributed by atoms with van der Waals surface area (Å²) in [6.45, 7) is 2.78. The number of aromatic nitrogens is 3. The van der Waals surface area contributed by atoms with Gasteiger partial charge in [-0.1, -0.05) is 0 Å². The number of aromatic carboxylic acids is 1. The molecule has 1 N–H and O–H groups in total. The zero-order valence-corrected chi connectivity index (χ0v) is 10.5. The first-order chi connectivity index (χ1) is 9.34. The lowest BCUT2D eigenvalue weighted by molar-refractivity contribution is -0.386. The van der Waals surface area contributed by atoms with Crippen molar-refractivity contribution in [1.29, 1.82) is 0 Å². The monoisotopic (exact) mass is 280 g/mol. The number of halogens is 1. The lowest BCUT2D eigenvalue weighted by Gasteiger charge is -2.05. The third kappa shape index (κ3) is 1.98. The quantitative estimate of drug-likeness (QED) is 0.675. The van der Waals surface area contributed by atoms with E-state index in [-0.39, 0.29) is 17.1 Å². The second kappa shape index (κ2) is 4.68. The lowest BCUT2D eigenvalue weighted by Crippen LogP contribution is -2.10. The molecule has 2 rings (SSSR count). The number of hydrogen-bond donors (Lipinski definition) is 1. The van der Waals surface area contributed by atoms with Gasteiger partial charge in [-0.15, -0.1) is 0 Å². The fourth-order valence-corrected chi connectivity index (χ4v) is 1.85. The Morgan fingerprint density at radius 1 is 1.50 bits per heavy atom. The Labute approximate surface area is 111 Å². The largest absolute Gasteiger partial charge is 0.478 e. The SMILES string of the molecule is Cc1nn(-c2nccc(C(=O)O)c2F)c(C)c1[N+](=O)[O-]. The van der Waals surface area contributed by atoms with Gasteiger partial charge in [0.1, 0.15) is 17.0 Å². The molecular weight excluding hydrogens is 271 g/mol. The van der Waals surface area contributed by atoms with Crippen molar-refractivity contribution in [2.75, 3.05) is 0 Å². The fraction of sp³-hybridized carbons (Fsp3) is 0.182. The molecule has 2 aromatic rings.